The Morgan fingerprint density at radius 2 is 2.45 bits per heavy atom. The van der Waals surface area contributed by atoms with E-state index in [1.165, 1.54) is 0 Å². The molecule has 0 spiro atoms. The first-order valence-electron chi connectivity index (χ1n) is 3.64. The molecule has 58 valence electrons. The maximum absolute atomic E-state index is 5.70. The van der Waals surface area contributed by atoms with Crippen molar-refractivity contribution in [3.8, 4) is 0 Å². The average Bonchev–Trinajstić information content (AvgIpc) is 2.04. The highest BCUT2D eigenvalue weighted by atomic mass is 14.7. The summed E-state index contributed by atoms with van der Waals surface area (Å²) in [4.78, 5) is 4.17. The zero-order valence-electron chi connectivity index (χ0n) is 6.67. The number of nitrogens with zero attached hydrogens (tertiary/aromatic N) is 1. The van der Waals surface area contributed by atoms with Crippen molar-refractivity contribution in [3.63, 3.8) is 0 Å². The number of hydrogen-bond acceptors (Lipinski definition) is 2. The van der Waals surface area contributed by atoms with Crippen molar-refractivity contribution in [1.82, 2.24) is 4.98 Å². The van der Waals surface area contributed by atoms with Gasteiger partial charge in [-0.05, 0) is 18.1 Å². The zero-order valence-corrected chi connectivity index (χ0v) is 6.67. The summed E-state index contributed by atoms with van der Waals surface area (Å²) in [6, 6.07) is 1.89. The molecule has 1 aromatic rings. The third-order valence-electron chi connectivity index (χ3n) is 1.60. The summed E-state index contributed by atoms with van der Waals surface area (Å²) in [5, 5.41) is 0. The number of nitrogen functional groups attached to an aromatic ring is 1. The van der Waals surface area contributed by atoms with Crippen LogP contribution in [0.3, 0.4) is 0 Å². The van der Waals surface area contributed by atoms with E-state index in [1.807, 2.05) is 13.0 Å². The molecule has 0 aromatic carbocycles. The lowest BCUT2D eigenvalue weighted by molar-refractivity contribution is 1.04. The minimum absolute atomic E-state index is 0.755. The van der Waals surface area contributed by atoms with E-state index in [1.54, 1.807) is 12.3 Å². The summed E-state index contributed by atoms with van der Waals surface area (Å²) < 4.78 is 0. The van der Waals surface area contributed by atoms with Crippen molar-refractivity contribution in [1.29, 1.82) is 0 Å². The van der Waals surface area contributed by atoms with Crippen LogP contribution in [0.5, 0.6) is 0 Å². The van der Waals surface area contributed by atoms with E-state index in [4.69, 9.17) is 5.73 Å². The van der Waals surface area contributed by atoms with Gasteiger partial charge >= 0.3 is 0 Å². The predicted molar refractivity (Wildman–Crippen MR) is 48.1 cm³/mol. The van der Waals surface area contributed by atoms with Gasteiger partial charge in [0.05, 0.1) is 11.4 Å². The molecule has 0 aliphatic rings. The second-order valence-corrected chi connectivity index (χ2v) is 2.36. The van der Waals surface area contributed by atoms with E-state index in [9.17, 15) is 0 Å². The Balaban J connectivity index is 3.09. The number of anilines is 1. The van der Waals surface area contributed by atoms with E-state index < -0.39 is 0 Å². The van der Waals surface area contributed by atoms with Crippen molar-refractivity contribution in [3.05, 3.63) is 30.1 Å². The van der Waals surface area contributed by atoms with E-state index in [2.05, 4.69) is 11.6 Å². The highest BCUT2D eigenvalue weighted by Gasteiger charge is 1.96. The topological polar surface area (TPSA) is 38.9 Å². The summed E-state index contributed by atoms with van der Waals surface area (Å²) >= 11 is 0. The number of rotatable bonds is 2. The first-order chi connectivity index (χ1) is 5.27. The van der Waals surface area contributed by atoms with Gasteiger partial charge in [0.15, 0.2) is 0 Å². The van der Waals surface area contributed by atoms with E-state index in [0.29, 0.717) is 0 Å². The molecule has 0 unspecified atom stereocenters. The Kier molecular flexibility index (Phi) is 2.26. The monoisotopic (exact) mass is 148 g/mol. The van der Waals surface area contributed by atoms with Crippen molar-refractivity contribution >= 4 is 11.8 Å². The quantitative estimate of drug-likeness (QED) is 0.695. The van der Waals surface area contributed by atoms with Gasteiger partial charge in [0.2, 0.25) is 0 Å². The van der Waals surface area contributed by atoms with Gasteiger partial charge in [-0.2, -0.15) is 0 Å². The molecule has 0 atom stereocenters. The lowest BCUT2D eigenvalue weighted by Crippen LogP contribution is -1.96. The maximum Gasteiger partial charge on any atom is 0.0630 e. The molecule has 2 heteroatoms. The summed E-state index contributed by atoms with van der Waals surface area (Å²) in [6.07, 6.45) is 4.40. The molecule has 0 aliphatic heterocycles. The molecular formula is C9H12N2. The minimum Gasteiger partial charge on any atom is -0.397 e. The Labute approximate surface area is 66.8 Å². The molecule has 0 saturated carbocycles. The molecule has 0 saturated heterocycles. The van der Waals surface area contributed by atoms with Crippen LogP contribution in [0, 0.1) is 0 Å². The number of nitrogens with two attached hydrogens (primary N) is 1. The second kappa shape index (κ2) is 3.19. The summed E-state index contributed by atoms with van der Waals surface area (Å²) in [7, 11) is 0. The molecular weight excluding hydrogens is 136 g/mol. The van der Waals surface area contributed by atoms with Crippen molar-refractivity contribution < 1.29 is 0 Å². The number of pyridine rings is 1. The number of aromatic nitrogens is 1. The van der Waals surface area contributed by atoms with Gasteiger partial charge < -0.3 is 5.73 Å². The molecule has 1 rings (SSSR count). The van der Waals surface area contributed by atoms with Gasteiger partial charge in [0.1, 0.15) is 0 Å². The molecule has 11 heavy (non-hydrogen) atoms. The first-order valence-corrected chi connectivity index (χ1v) is 3.64. The minimum atomic E-state index is 0.755. The fraction of sp³-hybridized carbons (Fsp3) is 0.222. The smallest absolute Gasteiger partial charge is 0.0630 e. The average molecular weight is 148 g/mol. The van der Waals surface area contributed by atoms with Gasteiger partial charge in [-0.15, -0.1) is 0 Å². The highest BCUT2D eigenvalue weighted by Crippen LogP contribution is 2.11. The Morgan fingerprint density at radius 3 is 2.91 bits per heavy atom. The van der Waals surface area contributed by atoms with E-state index in [-0.39, 0.29) is 0 Å². The van der Waals surface area contributed by atoms with Crippen LogP contribution in [0.4, 0.5) is 5.69 Å². The Bertz CT molecular complexity index is 266. The van der Waals surface area contributed by atoms with E-state index >= 15 is 0 Å². The predicted octanol–water partition coefficient (Wildman–Crippen LogP) is 1.87. The third-order valence-corrected chi connectivity index (χ3v) is 1.60. The first kappa shape index (κ1) is 7.79. The van der Waals surface area contributed by atoms with Crippen LogP contribution in [0.15, 0.2) is 18.8 Å². The van der Waals surface area contributed by atoms with Gasteiger partial charge in [-0.1, -0.05) is 19.6 Å². The second-order valence-electron chi connectivity index (χ2n) is 2.36. The highest BCUT2D eigenvalue weighted by molar-refractivity contribution is 5.54. The van der Waals surface area contributed by atoms with Crippen LogP contribution in [-0.4, -0.2) is 4.98 Å². The molecule has 2 N–H and O–H groups in total. The standard InChI is InChI=1S/C9H12N2/c1-3-7-5-8(10)9(4-2)11-6-7/h3,5-6H,1,4,10H2,2H3. The summed E-state index contributed by atoms with van der Waals surface area (Å²) in [5.74, 6) is 0. The largest absolute Gasteiger partial charge is 0.397 e. The maximum atomic E-state index is 5.70. The number of aryl methyl sites for hydroxylation is 1. The molecule has 0 aliphatic carbocycles. The van der Waals surface area contributed by atoms with Crippen molar-refractivity contribution in [2.24, 2.45) is 0 Å². The lowest BCUT2D eigenvalue weighted by Gasteiger charge is -2.01. The van der Waals surface area contributed by atoms with Crippen LogP contribution >= 0.6 is 0 Å². The van der Waals surface area contributed by atoms with Crippen molar-refractivity contribution in [2.75, 3.05) is 5.73 Å². The molecule has 0 bridgehead atoms. The van der Waals surface area contributed by atoms with Crippen LogP contribution in [0.2, 0.25) is 0 Å². The van der Waals surface area contributed by atoms with Gasteiger partial charge in [0, 0.05) is 6.20 Å². The van der Waals surface area contributed by atoms with E-state index in [0.717, 1.165) is 23.4 Å². The Morgan fingerprint density at radius 1 is 1.73 bits per heavy atom. The zero-order chi connectivity index (χ0) is 8.27. The third kappa shape index (κ3) is 1.58. The van der Waals surface area contributed by atoms with Gasteiger partial charge in [-0.25, -0.2) is 0 Å². The Hall–Kier alpha value is -1.31. The fourth-order valence-electron chi connectivity index (χ4n) is 0.934. The van der Waals surface area contributed by atoms with Crippen LogP contribution in [0.25, 0.3) is 6.08 Å². The molecule has 1 aromatic heterocycles. The van der Waals surface area contributed by atoms with Crippen LogP contribution in [-0.2, 0) is 6.42 Å². The van der Waals surface area contributed by atoms with Crippen molar-refractivity contribution in [2.45, 2.75) is 13.3 Å². The molecule has 2 nitrogen and oxygen atoms in total. The molecule has 1 heterocycles. The van der Waals surface area contributed by atoms with Gasteiger partial charge in [0.25, 0.3) is 0 Å². The number of hydrogen-bond donors (Lipinski definition) is 1. The summed E-state index contributed by atoms with van der Waals surface area (Å²) in [6.45, 7) is 5.67. The summed E-state index contributed by atoms with van der Waals surface area (Å²) in [5.41, 5.74) is 8.38. The van der Waals surface area contributed by atoms with Crippen LogP contribution < -0.4 is 5.73 Å². The van der Waals surface area contributed by atoms with Crippen LogP contribution in [0.1, 0.15) is 18.2 Å². The normalized spacial score (nSPS) is 9.55. The SMILES string of the molecule is C=Cc1cnc(CC)c(N)c1. The fourth-order valence-corrected chi connectivity index (χ4v) is 0.934. The van der Waals surface area contributed by atoms with Gasteiger partial charge in [-0.3, -0.25) is 4.98 Å². The molecule has 0 amide bonds. The lowest BCUT2D eigenvalue weighted by atomic mass is 10.2. The molecule has 0 fully saturated rings. The molecule has 0 radical (unpaired) electrons.